The largest absolute Gasteiger partial charge is 0.303 e. The molecule has 0 atom stereocenters. The molecular weight excluding hydrogens is 238 g/mol. The summed E-state index contributed by atoms with van der Waals surface area (Å²) in [4.78, 5) is 2.69. The van der Waals surface area contributed by atoms with Crippen molar-refractivity contribution in [1.82, 2.24) is 4.90 Å². The Balaban J connectivity index is 3.62. The fourth-order valence-corrected chi connectivity index (χ4v) is 2.53. The lowest BCUT2D eigenvalue weighted by Crippen LogP contribution is -2.27. The van der Waals surface area contributed by atoms with Crippen molar-refractivity contribution in [2.45, 2.75) is 78.1 Å². The van der Waals surface area contributed by atoms with E-state index in [1.165, 1.54) is 83.8 Å². The molecule has 18 heavy (non-hydrogen) atoms. The quantitative estimate of drug-likeness (QED) is 0.338. The molecule has 0 radical (unpaired) electrons. The van der Waals surface area contributed by atoms with E-state index >= 15 is 0 Å². The molecule has 0 aromatic heterocycles. The topological polar surface area (TPSA) is 3.24 Å². The first kappa shape index (κ1) is 18.3. The normalized spacial score (nSPS) is 11.3. The third-order valence-electron chi connectivity index (χ3n) is 3.54. The zero-order valence-electron chi connectivity index (χ0n) is 12.8. The van der Waals surface area contributed by atoms with Gasteiger partial charge in [0.15, 0.2) is 0 Å². The van der Waals surface area contributed by atoms with Crippen molar-refractivity contribution < 1.29 is 0 Å². The van der Waals surface area contributed by atoms with Crippen LogP contribution in [0.5, 0.6) is 0 Å². The van der Waals surface area contributed by atoms with Crippen LogP contribution in [-0.2, 0) is 0 Å². The van der Waals surface area contributed by atoms with Gasteiger partial charge >= 0.3 is 0 Å². The van der Waals surface area contributed by atoms with Gasteiger partial charge in [0.05, 0.1) is 0 Å². The summed E-state index contributed by atoms with van der Waals surface area (Å²) in [5.41, 5.74) is 0. The van der Waals surface area contributed by atoms with Gasteiger partial charge in [-0.3, -0.25) is 0 Å². The van der Waals surface area contributed by atoms with E-state index in [0.29, 0.717) is 0 Å². The van der Waals surface area contributed by atoms with Gasteiger partial charge in [0.25, 0.3) is 0 Å². The maximum Gasteiger partial charge on any atom is -0.00184 e. The van der Waals surface area contributed by atoms with Gasteiger partial charge in [-0.2, -0.15) is 12.6 Å². The second-order valence-electron chi connectivity index (χ2n) is 5.39. The van der Waals surface area contributed by atoms with E-state index in [2.05, 4.69) is 31.4 Å². The van der Waals surface area contributed by atoms with Gasteiger partial charge in [-0.15, -0.1) is 0 Å². The summed E-state index contributed by atoms with van der Waals surface area (Å²) in [5.74, 6) is 1.04. The number of nitrogens with zero attached hydrogens (tertiary/aromatic N) is 1. The van der Waals surface area contributed by atoms with Gasteiger partial charge in [0, 0.05) is 0 Å². The molecule has 0 amide bonds. The molecule has 0 aliphatic rings. The maximum absolute atomic E-state index is 4.30. The first-order valence-electron chi connectivity index (χ1n) is 8.18. The highest BCUT2D eigenvalue weighted by molar-refractivity contribution is 7.80. The number of thiol groups is 1. The Kier molecular flexibility index (Phi) is 15.6. The monoisotopic (exact) mass is 273 g/mol. The minimum Gasteiger partial charge on any atom is -0.303 e. The number of hydrogen-bond donors (Lipinski definition) is 1. The van der Waals surface area contributed by atoms with Crippen molar-refractivity contribution in [2.24, 2.45) is 0 Å². The van der Waals surface area contributed by atoms with Crippen molar-refractivity contribution in [3.8, 4) is 0 Å². The molecule has 0 saturated carbocycles. The average Bonchev–Trinajstić information content (AvgIpc) is 2.39. The molecule has 0 spiro atoms. The summed E-state index contributed by atoms with van der Waals surface area (Å²) < 4.78 is 0. The first-order valence-corrected chi connectivity index (χ1v) is 8.81. The molecule has 110 valence electrons. The lowest BCUT2D eigenvalue weighted by Gasteiger charge is -2.22. The van der Waals surface area contributed by atoms with Gasteiger partial charge in [0.2, 0.25) is 0 Å². The third kappa shape index (κ3) is 12.8. The van der Waals surface area contributed by atoms with Crippen LogP contribution >= 0.6 is 12.6 Å². The van der Waals surface area contributed by atoms with E-state index in [1.54, 1.807) is 0 Å². The summed E-state index contributed by atoms with van der Waals surface area (Å²) in [6, 6.07) is 0. The Bertz CT molecular complexity index is 138. The molecule has 0 saturated heterocycles. The molecule has 0 N–H and O–H groups in total. The second-order valence-corrected chi connectivity index (χ2v) is 5.84. The van der Waals surface area contributed by atoms with Crippen molar-refractivity contribution in [1.29, 1.82) is 0 Å². The highest BCUT2D eigenvalue weighted by Gasteiger charge is 2.04. The molecule has 0 aliphatic heterocycles. The molecule has 0 rings (SSSR count). The van der Waals surface area contributed by atoms with Gasteiger partial charge in [-0.05, 0) is 51.1 Å². The van der Waals surface area contributed by atoms with Crippen molar-refractivity contribution in [3.63, 3.8) is 0 Å². The van der Waals surface area contributed by atoms with E-state index in [4.69, 9.17) is 0 Å². The first-order chi connectivity index (χ1) is 8.85. The molecule has 1 nitrogen and oxygen atoms in total. The van der Waals surface area contributed by atoms with Crippen molar-refractivity contribution >= 4 is 12.6 Å². The molecule has 0 heterocycles. The zero-order valence-corrected chi connectivity index (χ0v) is 13.7. The summed E-state index contributed by atoms with van der Waals surface area (Å²) in [6.07, 6.45) is 13.7. The van der Waals surface area contributed by atoms with Gasteiger partial charge < -0.3 is 4.90 Å². The average molecular weight is 274 g/mol. The lowest BCUT2D eigenvalue weighted by atomic mass is 10.1. The fraction of sp³-hybridized carbons (Fsp3) is 1.00. The smallest absolute Gasteiger partial charge is 0.00184 e. The van der Waals surface area contributed by atoms with E-state index in [0.717, 1.165) is 5.75 Å². The van der Waals surface area contributed by atoms with Crippen LogP contribution in [-0.4, -0.2) is 30.3 Å². The van der Waals surface area contributed by atoms with E-state index < -0.39 is 0 Å². The maximum atomic E-state index is 4.30. The molecule has 0 aromatic rings. The van der Waals surface area contributed by atoms with Crippen molar-refractivity contribution in [2.75, 3.05) is 25.4 Å². The minimum absolute atomic E-state index is 1.04. The van der Waals surface area contributed by atoms with Crippen molar-refractivity contribution in [3.05, 3.63) is 0 Å². The van der Waals surface area contributed by atoms with Crippen LogP contribution in [0, 0.1) is 0 Å². The van der Waals surface area contributed by atoms with Gasteiger partial charge in [0.1, 0.15) is 0 Å². The molecule has 0 aliphatic carbocycles. The number of unbranched alkanes of at least 4 members (excludes halogenated alkanes) is 7. The predicted molar refractivity (Wildman–Crippen MR) is 87.8 cm³/mol. The molecule has 0 aromatic carbocycles. The Morgan fingerprint density at radius 3 is 1.44 bits per heavy atom. The van der Waals surface area contributed by atoms with Gasteiger partial charge in [-0.25, -0.2) is 0 Å². The van der Waals surface area contributed by atoms with Gasteiger partial charge in [-0.1, -0.05) is 52.4 Å². The summed E-state index contributed by atoms with van der Waals surface area (Å²) in [5, 5.41) is 0. The summed E-state index contributed by atoms with van der Waals surface area (Å²) >= 11 is 4.30. The van der Waals surface area contributed by atoms with Crippen LogP contribution in [0.1, 0.15) is 78.1 Å². The van der Waals surface area contributed by atoms with Crippen LogP contribution in [0.25, 0.3) is 0 Å². The summed E-state index contributed by atoms with van der Waals surface area (Å²) in [6.45, 7) is 8.50. The van der Waals surface area contributed by atoms with E-state index in [-0.39, 0.29) is 0 Å². The van der Waals surface area contributed by atoms with E-state index in [9.17, 15) is 0 Å². The predicted octanol–water partition coefficient (Wildman–Crippen LogP) is 5.16. The lowest BCUT2D eigenvalue weighted by molar-refractivity contribution is 0.257. The molecule has 2 heteroatoms. The van der Waals surface area contributed by atoms with Crippen LogP contribution in [0.4, 0.5) is 0 Å². The standard InChI is InChI=1S/C16H35NS/c1-3-5-7-9-13-17(15-11-12-16-18)14-10-8-6-4-2/h18H,3-16H2,1-2H3. The second kappa shape index (κ2) is 15.4. The highest BCUT2D eigenvalue weighted by atomic mass is 32.1. The Labute approximate surface area is 121 Å². The molecule has 0 bridgehead atoms. The Morgan fingerprint density at radius 2 is 1.06 bits per heavy atom. The minimum atomic E-state index is 1.04. The Hall–Kier alpha value is 0.310. The number of rotatable bonds is 14. The van der Waals surface area contributed by atoms with Crippen LogP contribution in [0.15, 0.2) is 0 Å². The van der Waals surface area contributed by atoms with Crippen LogP contribution in [0.3, 0.4) is 0 Å². The zero-order chi connectivity index (χ0) is 13.5. The fourth-order valence-electron chi connectivity index (χ4n) is 2.31. The molecule has 0 unspecified atom stereocenters. The van der Waals surface area contributed by atoms with Crippen LogP contribution in [0.2, 0.25) is 0 Å². The Morgan fingerprint density at radius 1 is 0.611 bits per heavy atom. The number of hydrogen-bond acceptors (Lipinski definition) is 2. The highest BCUT2D eigenvalue weighted by Crippen LogP contribution is 2.07. The molecule has 0 fully saturated rings. The SMILES string of the molecule is CCCCCCN(CCCCS)CCCCCC. The molecular formula is C16H35NS. The summed E-state index contributed by atoms with van der Waals surface area (Å²) in [7, 11) is 0. The van der Waals surface area contributed by atoms with E-state index in [1.807, 2.05) is 0 Å². The third-order valence-corrected chi connectivity index (χ3v) is 3.85. The van der Waals surface area contributed by atoms with Crippen LogP contribution < -0.4 is 0 Å².